The minimum Gasteiger partial charge on any atom is -0.506 e. The van der Waals surface area contributed by atoms with Crippen LogP contribution >= 0.6 is 55.8 Å². The maximum Gasteiger partial charge on any atom is 0.266 e. The van der Waals surface area contributed by atoms with E-state index in [4.69, 9.17) is 12.2 Å². The third kappa shape index (κ3) is 3.74. The molecule has 0 spiro atoms. The zero-order valence-corrected chi connectivity index (χ0v) is 17.0. The Labute approximate surface area is 166 Å². The number of halogens is 2. The fourth-order valence-electron chi connectivity index (χ4n) is 2.22. The fourth-order valence-corrected chi connectivity index (χ4v) is 4.70. The van der Waals surface area contributed by atoms with Crippen LogP contribution < -0.4 is 0 Å². The van der Waals surface area contributed by atoms with Crippen molar-refractivity contribution in [3.05, 3.63) is 67.4 Å². The van der Waals surface area contributed by atoms with Crippen LogP contribution in [0, 0.1) is 0 Å². The van der Waals surface area contributed by atoms with Gasteiger partial charge in [0.2, 0.25) is 0 Å². The Kier molecular flexibility index (Phi) is 5.44. The summed E-state index contributed by atoms with van der Waals surface area (Å²) < 4.78 is 1.66. The molecule has 122 valence electrons. The van der Waals surface area contributed by atoms with E-state index >= 15 is 0 Å². The third-order valence-electron chi connectivity index (χ3n) is 3.39. The van der Waals surface area contributed by atoms with Gasteiger partial charge in [-0.1, -0.05) is 54.3 Å². The number of aromatic hydroxyl groups is 1. The zero-order valence-electron chi connectivity index (χ0n) is 12.2. The van der Waals surface area contributed by atoms with Crippen LogP contribution in [-0.4, -0.2) is 20.2 Å². The van der Waals surface area contributed by atoms with Crippen LogP contribution in [-0.2, 0) is 11.3 Å². The van der Waals surface area contributed by atoms with Crippen LogP contribution in [0.15, 0.2) is 56.3 Å². The maximum absolute atomic E-state index is 12.6. The molecule has 0 unspecified atom stereocenters. The number of rotatable bonds is 3. The highest BCUT2D eigenvalue weighted by Crippen LogP contribution is 2.37. The molecule has 2 aromatic rings. The van der Waals surface area contributed by atoms with Crippen LogP contribution in [0.25, 0.3) is 6.08 Å². The second kappa shape index (κ2) is 7.39. The van der Waals surface area contributed by atoms with E-state index in [0.717, 1.165) is 11.1 Å². The largest absolute Gasteiger partial charge is 0.506 e. The summed E-state index contributed by atoms with van der Waals surface area (Å²) in [7, 11) is 0. The van der Waals surface area contributed by atoms with E-state index < -0.39 is 0 Å². The Morgan fingerprint density at radius 3 is 2.42 bits per heavy atom. The van der Waals surface area contributed by atoms with Gasteiger partial charge >= 0.3 is 0 Å². The summed E-state index contributed by atoms with van der Waals surface area (Å²) >= 11 is 13.2. The number of carbonyl (C=O) groups excluding carboxylic acids is 1. The first-order chi connectivity index (χ1) is 11.5. The summed E-state index contributed by atoms with van der Waals surface area (Å²) in [5.74, 6) is 0.0259. The standard InChI is InChI=1S/C17H11Br2NO2S2/c18-12-6-11(7-13(19)15(12)21)8-14-16(22)20(17(23)24-14)9-10-4-2-1-3-5-10/h1-8,21H,9H2. The molecule has 3 rings (SSSR count). The molecule has 0 aromatic heterocycles. The normalized spacial score (nSPS) is 16.2. The number of benzene rings is 2. The van der Waals surface area contributed by atoms with Crippen molar-refractivity contribution >= 4 is 72.1 Å². The molecular weight excluding hydrogens is 474 g/mol. The van der Waals surface area contributed by atoms with Gasteiger partial charge in [-0.15, -0.1) is 0 Å². The van der Waals surface area contributed by atoms with Gasteiger partial charge in [0.1, 0.15) is 10.1 Å². The molecule has 0 radical (unpaired) electrons. The Bertz CT molecular complexity index is 830. The molecule has 1 fully saturated rings. The number of amides is 1. The molecule has 0 saturated carbocycles. The SMILES string of the molecule is O=C1C(=Cc2cc(Br)c(O)c(Br)c2)SC(=S)N1Cc1ccccc1. The van der Waals surface area contributed by atoms with Gasteiger partial charge in [0.05, 0.1) is 20.4 Å². The monoisotopic (exact) mass is 483 g/mol. The van der Waals surface area contributed by atoms with Gasteiger partial charge in [-0.25, -0.2) is 0 Å². The molecule has 0 bridgehead atoms. The number of thioether (sulfide) groups is 1. The minimum atomic E-state index is -0.103. The Morgan fingerprint density at radius 1 is 1.17 bits per heavy atom. The predicted molar refractivity (Wildman–Crippen MR) is 109 cm³/mol. The highest BCUT2D eigenvalue weighted by atomic mass is 79.9. The van der Waals surface area contributed by atoms with Crippen molar-refractivity contribution in [3.63, 3.8) is 0 Å². The average molecular weight is 485 g/mol. The molecule has 7 heteroatoms. The van der Waals surface area contributed by atoms with E-state index in [1.54, 1.807) is 23.1 Å². The zero-order chi connectivity index (χ0) is 17.3. The first-order valence-electron chi connectivity index (χ1n) is 6.93. The topological polar surface area (TPSA) is 40.5 Å². The minimum absolute atomic E-state index is 0.103. The van der Waals surface area contributed by atoms with E-state index in [1.165, 1.54) is 11.8 Å². The average Bonchev–Trinajstić information content (AvgIpc) is 2.81. The summed E-state index contributed by atoms with van der Waals surface area (Å²) in [6.07, 6.45) is 1.78. The van der Waals surface area contributed by atoms with Crippen molar-refractivity contribution < 1.29 is 9.90 Å². The number of thiocarbonyl (C=S) groups is 1. The third-order valence-corrected chi connectivity index (χ3v) is 5.98. The molecule has 1 N–H and O–H groups in total. The quantitative estimate of drug-likeness (QED) is 0.472. The Balaban J connectivity index is 1.86. The van der Waals surface area contributed by atoms with Crippen LogP contribution in [0.3, 0.4) is 0 Å². The van der Waals surface area contributed by atoms with Crippen LogP contribution in [0.2, 0.25) is 0 Å². The van der Waals surface area contributed by atoms with Crippen molar-refractivity contribution in [2.24, 2.45) is 0 Å². The maximum atomic E-state index is 12.6. The molecule has 2 aromatic carbocycles. The summed E-state index contributed by atoms with van der Waals surface area (Å²) in [4.78, 5) is 14.8. The highest BCUT2D eigenvalue weighted by Gasteiger charge is 2.32. The Hall–Kier alpha value is -1.15. The summed E-state index contributed by atoms with van der Waals surface area (Å²) in [6, 6.07) is 13.3. The highest BCUT2D eigenvalue weighted by molar-refractivity contribution is 9.11. The molecule has 1 amide bonds. The molecule has 1 aliphatic rings. The second-order valence-corrected chi connectivity index (χ2v) is 8.47. The molecule has 0 atom stereocenters. The van der Waals surface area contributed by atoms with E-state index in [0.29, 0.717) is 24.7 Å². The van der Waals surface area contributed by atoms with Crippen LogP contribution in [0.1, 0.15) is 11.1 Å². The van der Waals surface area contributed by atoms with Crippen molar-refractivity contribution in [1.82, 2.24) is 4.90 Å². The van der Waals surface area contributed by atoms with Gasteiger partial charge in [0, 0.05) is 0 Å². The van der Waals surface area contributed by atoms with Gasteiger partial charge in [0.25, 0.3) is 5.91 Å². The van der Waals surface area contributed by atoms with Crippen molar-refractivity contribution in [2.75, 3.05) is 0 Å². The lowest BCUT2D eigenvalue weighted by Gasteiger charge is -2.14. The number of phenolic OH excluding ortho intramolecular Hbond substituents is 1. The molecule has 0 aliphatic carbocycles. The Morgan fingerprint density at radius 2 is 1.79 bits per heavy atom. The molecular formula is C17H11Br2NO2S2. The number of carbonyl (C=O) groups is 1. The smallest absolute Gasteiger partial charge is 0.266 e. The number of hydrogen-bond acceptors (Lipinski definition) is 4. The van der Waals surface area contributed by atoms with E-state index in [9.17, 15) is 9.90 Å². The molecule has 1 aliphatic heterocycles. The lowest BCUT2D eigenvalue weighted by Crippen LogP contribution is -2.27. The van der Waals surface area contributed by atoms with Crippen molar-refractivity contribution in [1.29, 1.82) is 0 Å². The van der Waals surface area contributed by atoms with E-state index in [2.05, 4.69) is 31.9 Å². The number of hydrogen-bond donors (Lipinski definition) is 1. The van der Waals surface area contributed by atoms with Crippen molar-refractivity contribution in [2.45, 2.75) is 6.54 Å². The van der Waals surface area contributed by atoms with Crippen molar-refractivity contribution in [3.8, 4) is 5.75 Å². The van der Waals surface area contributed by atoms with Gasteiger partial charge in [0.15, 0.2) is 0 Å². The lowest BCUT2D eigenvalue weighted by molar-refractivity contribution is -0.122. The van der Waals surface area contributed by atoms with Gasteiger partial charge < -0.3 is 5.11 Å². The van der Waals surface area contributed by atoms with Gasteiger partial charge in [-0.3, -0.25) is 9.69 Å². The lowest BCUT2D eigenvalue weighted by atomic mass is 10.2. The molecule has 3 nitrogen and oxygen atoms in total. The second-order valence-electron chi connectivity index (χ2n) is 5.09. The van der Waals surface area contributed by atoms with Crippen LogP contribution in [0.4, 0.5) is 0 Å². The summed E-state index contributed by atoms with van der Waals surface area (Å²) in [5.41, 5.74) is 1.83. The summed E-state index contributed by atoms with van der Waals surface area (Å²) in [6.45, 7) is 0.464. The molecule has 1 saturated heterocycles. The predicted octanol–water partition coefficient (Wildman–Crippen LogP) is 5.32. The fraction of sp³-hybridized carbons (Fsp3) is 0.0588. The molecule has 1 heterocycles. The van der Waals surface area contributed by atoms with Gasteiger partial charge in [-0.2, -0.15) is 0 Å². The molecule has 24 heavy (non-hydrogen) atoms. The number of nitrogens with zero attached hydrogens (tertiary/aromatic N) is 1. The first-order valence-corrected chi connectivity index (χ1v) is 9.74. The van der Waals surface area contributed by atoms with Gasteiger partial charge in [-0.05, 0) is 61.2 Å². The van der Waals surface area contributed by atoms with Crippen LogP contribution in [0.5, 0.6) is 5.75 Å². The summed E-state index contributed by atoms with van der Waals surface area (Å²) in [5, 5.41) is 9.78. The van der Waals surface area contributed by atoms with E-state index in [-0.39, 0.29) is 11.7 Å². The first kappa shape index (κ1) is 17.7. The van der Waals surface area contributed by atoms with E-state index in [1.807, 2.05) is 30.3 Å². The number of phenols is 1.